The molecule has 0 radical (unpaired) electrons. The summed E-state index contributed by atoms with van der Waals surface area (Å²) < 4.78 is 6.21. The van der Waals surface area contributed by atoms with Gasteiger partial charge in [0, 0.05) is 27.8 Å². The van der Waals surface area contributed by atoms with E-state index < -0.39 is 0 Å². The van der Waals surface area contributed by atoms with Crippen LogP contribution in [0.2, 0.25) is 0 Å². The van der Waals surface area contributed by atoms with Gasteiger partial charge in [0.1, 0.15) is 11.9 Å². The molecule has 0 N–H and O–H groups in total. The largest absolute Gasteiger partial charge is 0.485 e. The van der Waals surface area contributed by atoms with Crippen LogP contribution in [0.1, 0.15) is 11.5 Å². The van der Waals surface area contributed by atoms with Gasteiger partial charge < -0.3 is 4.74 Å². The molecule has 6 aromatic carbocycles. The van der Waals surface area contributed by atoms with Gasteiger partial charge in [0.2, 0.25) is 0 Å². The highest BCUT2D eigenvalue weighted by Crippen LogP contribution is 2.44. The maximum atomic E-state index is 6.21. The molecule has 2 atom stereocenters. The van der Waals surface area contributed by atoms with E-state index in [-0.39, 0.29) is 12.0 Å². The van der Waals surface area contributed by atoms with Crippen LogP contribution in [-0.4, -0.2) is 16.1 Å². The number of aromatic nitrogens is 2. The molecular formula is C38H24N2O. The van der Waals surface area contributed by atoms with Crippen molar-refractivity contribution in [2.45, 2.75) is 12.0 Å². The zero-order chi connectivity index (χ0) is 26.9. The molecule has 192 valence electrons. The Bertz CT molecular complexity index is 2230. The van der Waals surface area contributed by atoms with Crippen LogP contribution in [0.5, 0.6) is 5.75 Å². The first-order chi connectivity index (χ1) is 20.3. The number of rotatable bonds is 2. The van der Waals surface area contributed by atoms with Gasteiger partial charge in [-0.15, -0.1) is 0 Å². The molecule has 0 saturated heterocycles. The lowest BCUT2D eigenvalue weighted by atomic mass is 9.89. The highest BCUT2D eigenvalue weighted by molar-refractivity contribution is 6.23. The molecule has 2 heterocycles. The van der Waals surface area contributed by atoms with Gasteiger partial charge >= 0.3 is 0 Å². The van der Waals surface area contributed by atoms with Gasteiger partial charge in [0.25, 0.3) is 0 Å². The quantitative estimate of drug-likeness (QED) is 0.211. The molecule has 1 aliphatic heterocycles. The number of ether oxygens (including phenoxy) is 1. The second kappa shape index (κ2) is 8.61. The lowest BCUT2D eigenvalue weighted by Crippen LogP contribution is -2.15. The SMILES string of the molecule is C1=CC2Oc3ccc(-c4cccc5c(-c6cnc7c8ccccc8c8ccccc8c7n6)cccc45)cc3C2C=C1. The molecule has 7 aromatic rings. The second-order valence-electron chi connectivity index (χ2n) is 10.9. The first-order valence-corrected chi connectivity index (χ1v) is 14.1. The molecule has 0 spiro atoms. The number of hydrogen-bond donors (Lipinski definition) is 0. The van der Waals surface area contributed by atoms with Crippen molar-refractivity contribution < 1.29 is 4.74 Å². The highest BCUT2D eigenvalue weighted by atomic mass is 16.5. The molecule has 0 amide bonds. The summed E-state index contributed by atoms with van der Waals surface area (Å²) in [4.78, 5) is 10.3. The predicted octanol–water partition coefficient (Wildman–Crippen LogP) is 9.39. The zero-order valence-corrected chi connectivity index (χ0v) is 22.2. The minimum Gasteiger partial charge on any atom is -0.485 e. The molecule has 0 fully saturated rings. The van der Waals surface area contributed by atoms with Crippen molar-refractivity contribution in [1.29, 1.82) is 0 Å². The summed E-state index contributed by atoms with van der Waals surface area (Å²) in [5.41, 5.74) is 7.49. The van der Waals surface area contributed by atoms with Crippen molar-refractivity contribution in [3.05, 3.63) is 139 Å². The van der Waals surface area contributed by atoms with Crippen LogP contribution >= 0.6 is 0 Å². The summed E-state index contributed by atoms with van der Waals surface area (Å²) in [7, 11) is 0. The second-order valence-corrected chi connectivity index (χ2v) is 10.9. The molecule has 41 heavy (non-hydrogen) atoms. The van der Waals surface area contributed by atoms with Gasteiger partial charge in [0.05, 0.1) is 22.9 Å². The summed E-state index contributed by atoms with van der Waals surface area (Å²) >= 11 is 0. The summed E-state index contributed by atoms with van der Waals surface area (Å²) in [6.45, 7) is 0. The summed E-state index contributed by atoms with van der Waals surface area (Å²) in [5.74, 6) is 1.24. The van der Waals surface area contributed by atoms with E-state index in [2.05, 4.69) is 127 Å². The monoisotopic (exact) mass is 524 g/mol. The van der Waals surface area contributed by atoms with Crippen LogP contribution < -0.4 is 4.74 Å². The van der Waals surface area contributed by atoms with Crippen molar-refractivity contribution in [3.8, 4) is 28.1 Å². The number of allylic oxidation sites excluding steroid dienone is 2. The number of nitrogens with zero attached hydrogens (tertiary/aromatic N) is 2. The van der Waals surface area contributed by atoms with E-state index in [1.807, 2.05) is 6.20 Å². The van der Waals surface area contributed by atoms with E-state index in [1.54, 1.807) is 0 Å². The van der Waals surface area contributed by atoms with Crippen LogP contribution in [0, 0.1) is 0 Å². The maximum absolute atomic E-state index is 6.21. The Hall–Kier alpha value is -5.28. The van der Waals surface area contributed by atoms with Crippen LogP contribution in [0.4, 0.5) is 0 Å². The van der Waals surface area contributed by atoms with Crippen LogP contribution in [0.15, 0.2) is 134 Å². The van der Waals surface area contributed by atoms with Gasteiger partial charge in [-0.1, -0.05) is 109 Å². The number of fused-ring (bicyclic) bond motifs is 10. The minimum absolute atomic E-state index is 0.0871. The Labute approximate surface area is 237 Å². The predicted molar refractivity (Wildman–Crippen MR) is 168 cm³/mol. The van der Waals surface area contributed by atoms with Crippen molar-refractivity contribution in [3.63, 3.8) is 0 Å². The Morgan fingerprint density at radius 1 is 0.561 bits per heavy atom. The fourth-order valence-corrected chi connectivity index (χ4v) is 6.75. The van der Waals surface area contributed by atoms with E-state index >= 15 is 0 Å². The van der Waals surface area contributed by atoms with Crippen molar-refractivity contribution in [1.82, 2.24) is 9.97 Å². The Morgan fingerprint density at radius 3 is 2.02 bits per heavy atom. The average molecular weight is 525 g/mol. The Balaban J connectivity index is 1.23. The highest BCUT2D eigenvalue weighted by Gasteiger charge is 2.32. The molecule has 0 saturated carbocycles. The van der Waals surface area contributed by atoms with E-state index in [0.717, 1.165) is 38.8 Å². The fraction of sp³-hybridized carbons (Fsp3) is 0.0526. The third kappa shape index (κ3) is 3.33. The Kier molecular flexibility index (Phi) is 4.73. The van der Waals surface area contributed by atoms with E-state index in [1.165, 1.54) is 38.2 Å². The normalized spacial score (nSPS) is 17.3. The molecule has 9 rings (SSSR count). The lowest BCUT2D eigenvalue weighted by Gasteiger charge is -2.15. The Morgan fingerprint density at radius 2 is 1.22 bits per heavy atom. The third-order valence-electron chi connectivity index (χ3n) is 8.65. The maximum Gasteiger partial charge on any atom is 0.128 e. The van der Waals surface area contributed by atoms with Gasteiger partial charge in [-0.25, -0.2) is 4.98 Å². The molecule has 3 heteroatoms. The fourth-order valence-electron chi connectivity index (χ4n) is 6.75. The topological polar surface area (TPSA) is 35.0 Å². The standard InChI is InChI=1S/C38H24N2O/c1-3-12-31-27(9-1)28-10-2-4-13-32(28)38-37(31)39-22-34(40-38)29-17-8-15-25-24(14-7-16-26(25)29)23-19-20-36-33(21-23)30-11-5-6-18-35(30)41-36/h1-22,30,35H. The van der Waals surface area contributed by atoms with Gasteiger partial charge in [-0.2, -0.15) is 0 Å². The third-order valence-corrected chi connectivity index (χ3v) is 8.65. The molecule has 1 aliphatic carbocycles. The van der Waals surface area contributed by atoms with Crippen molar-refractivity contribution in [2.75, 3.05) is 0 Å². The van der Waals surface area contributed by atoms with E-state index in [0.29, 0.717) is 0 Å². The van der Waals surface area contributed by atoms with E-state index in [4.69, 9.17) is 14.7 Å². The number of benzene rings is 6. The first-order valence-electron chi connectivity index (χ1n) is 14.1. The van der Waals surface area contributed by atoms with Crippen LogP contribution in [0.3, 0.4) is 0 Å². The lowest BCUT2D eigenvalue weighted by molar-refractivity contribution is 0.269. The zero-order valence-electron chi connectivity index (χ0n) is 22.2. The number of hydrogen-bond acceptors (Lipinski definition) is 3. The van der Waals surface area contributed by atoms with Crippen LogP contribution in [0.25, 0.3) is 65.7 Å². The van der Waals surface area contributed by atoms with Gasteiger partial charge in [-0.3, -0.25) is 4.98 Å². The molecule has 2 aliphatic rings. The summed E-state index contributed by atoms with van der Waals surface area (Å²) in [6, 6.07) is 36.6. The van der Waals surface area contributed by atoms with Crippen LogP contribution in [-0.2, 0) is 0 Å². The molecule has 2 unspecified atom stereocenters. The first kappa shape index (κ1) is 22.5. The molecule has 3 nitrogen and oxygen atoms in total. The summed E-state index contributed by atoms with van der Waals surface area (Å²) in [5, 5.41) is 7.03. The van der Waals surface area contributed by atoms with Gasteiger partial charge in [0.15, 0.2) is 0 Å². The molecular weight excluding hydrogens is 500 g/mol. The van der Waals surface area contributed by atoms with Crippen molar-refractivity contribution in [2.24, 2.45) is 0 Å². The van der Waals surface area contributed by atoms with Crippen molar-refractivity contribution >= 4 is 43.4 Å². The smallest absolute Gasteiger partial charge is 0.128 e. The average Bonchev–Trinajstić information content (AvgIpc) is 3.42. The molecule has 0 bridgehead atoms. The molecule has 1 aromatic heterocycles. The van der Waals surface area contributed by atoms with E-state index in [9.17, 15) is 0 Å². The van der Waals surface area contributed by atoms with Gasteiger partial charge in [-0.05, 0) is 50.9 Å². The summed E-state index contributed by atoms with van der Waals surface area (Å²) in [6.07, 6.45) is 10.6. The minimum atomic E-state index is 0.0871.